The lowest BCUT2D eigenvalue weighted by Crippen LogP contribution is -2.26. The number of anilines is 1. The van der Waals surface area contributed by atoms with Crippen molar-refractivity contribution >= 4 is 11.7 Å². The van der Waals surface area contributed by atoms with Gasteiger partial charge in [-0.25, -0.2) is 9.97 Å². The van der Waals surface area contributed by atoms with Crippen molar-refractivity contribution in [3.8, 4) is 11.4 Å². The van der Waals surface area contributed by atoms with Crippen LogP contribution in [0, 0.1) is 5.92 Å². The molecule has 140 valence electrons. The molecule has 0 saturated carbocycles. The van der Waals surface area contributed by atoms with E-state index in [9.17, 15) is 4.79 Å². The van der Waals surface area contributed by atoms with Crippen LogP contribution in [0.1, 0.15) is 36.5 Å². The predicted octanol–water partition coefficient (Wildman–Crippen LogP) is 4.12. The van der Waals surface area contributed by atoms with Gasteiger partial charge in [0.25, 0.3) is 5.91 Å². The molecule has 2 heterocycles. The average Bonchev–Trinajstić information content (AvgIpc) is 3.20. The van der Waals surface area contributed by atoms with Crippen molar-refractivity contribution < 1.29 is 9.21 Å². The maximum Gasteiger partial charge on any atom is 0.270 e. The van der Waals surface area contributed by atoms with Crippen LogP contribution >= 0.6 is 0 Å². The molecule has 6 nitrogen and oxygen atoms in total. The molecule has 6 heteroatoms. The highest BCUT2D eigenvalue weighted by molar-refractivity contribution is 5.93. The smallest absolute Gasteiger partial charge is 0.270 e. The standard InChI is InChI=1S/C21H24N4O2/c1-15(2)10-11-22-21(26)18-13-19(23-14-17-9-6-12-27-17)25-20(24-18)16-7-4-3-5-8-16/h3-9,12-13,15H,10-11,14H2,1-2H3,(H,22,26)(H,23,24,25). The van der Waals surface area contributed by atoms with Crippen LogP contribution in [0.25, 0.3) is 11.4 Å². The monoisotopic (exact) mass is 364 g/mol. The van der Waals surface area contributed by atoms with Crippen molar-refractivity contribution in [1.82, 2.24) is 15.3 Å². The lowest BCUT2D eigenvalue weighted by Gasteiger charge is -2.11. The molecule has 0 spiro atoms. The zero-order valence-corrected chi connectivity index (χ0v) is 15.6. The maximum absolute atomic E-state index is 12.5. The first kappa shape index (κ1) is 18.6. The molecule has 3 rings (SSSR count). The summed E-state index contributed by atoms with van der Waals surface area (Å²) >= 11 is 0. The van der Waals surface area contributed by atoms with Crippen molar-refractivity contribution in [2.75, 3.05) is 11.9 Å². The largest absolute Gasteiger partial charge is 0.467 e. The highest BCUT2D eigenvalue weighted by Crippen LogP contribution is 2.18. The van der Waals surface area contributed by atoms with E-state index < -0.39 is 0 Å². The number of furan rings is 1. The van der Waals surface area contributed by atoms with E-state index >= 15 is 0 Å². The number of benzene rings is 1. The van der Waals surface area contributed by atoms with E-state index in [4.69, 9.17) is 4.42 Å². The summed E-state index contributed by atoms with van der Waals surface area (Å²) < 4.78 is 5.34. The number of amides is 1. The Morgan fingerprint density at radius 1 is 1.11 bits per heavy atom. The molecular formula is C21H24N4O2. The fourth-order valence-electron chi connectivity index (χ4n) is 2.53. The van der Waals surface area contributed by atoms with E-state index in [-0.39, 0.29) is 5.91 Å². The van der Waals surface area contributed by atoms with Crippen LogP contribution in [0.2, 0.25) is 0 Å². The van der Waals surface area contributed by atoms with Crippen molar-refractivity contribution in [3.05, 3.63) is 66.2 Å². The summed E-state index contributed by atoms with van der Waals surface area (Å²) in [6.45, 7) is 5.35. The van der Waals surface area contributed by atoms with Crippen LogP contribution in [-0.4, -0.2) is 22.4 Å². The van der Waals surface area contributed by atoms with Crippen LogP contribution in [0.4, 0.5) is 5.82 Å². The fourth-order valence-corrected chi connectivity index (χ4v) is 2.53. The van der Waals surface area contributed by atoms with Crippen LogP contribution in [-0.2, 0) is 6.54 Å². The van der Waals surface area contributed by atoms with E-state index in [0.717, 1.165) is 17.7 Å². The highest BCUT2D eigenvalue weighted by Gasteiger charge is 2.13. The molecule has 2 aromatic heterocycles. The Balaban J connectivity index is 1.82. The molecule has 0 fully saturated rings. The van der Waals surface area contributed by atoms with Crippen molar-refractivity contribution in [1.29, 1.82) is 0 Å². The number of aromatic nitrogens is 2. The summed E-state index contributed by atoms with van der Waals surface area (Å²) in [5.41, 5.74) is 1.20. The first-order chi connectivity index (χ1) is 13.1. The summed E-state index contributed by atoms with van der Waals surface area (Å²) in [5.74, 6) is 2.21. The van der Waals surface area contributed by atoms with Gasteiger partial charge in [0.15, 0.2) is 5.82 Å². The van der Waals surface area contributed by atoms with E-state index in [0.29, 0.717) is 36.3 Å². The molecule has 3 aromatic rings. The van der Waals surface area contributed by atoms with Gasteiger partial charge in [-0.2, -0.15) is 0 Å². The lowest BCUT2D eigenvalue weighted by atomic mass is 10.1. The third-order valence-corrected chi connectivity index (χ3v) is 4.02. The predicted molar refractivity (Wildman–Crippen MR) is 105 cm³/mol. The minimum Gasteiger partial charge on any atom is -0.467 e. The Morgan fingerprint density at radius 3 is 2.63 bits per heavy atom. The summed E-state index contributed by atoms with van der Waals surface area (Å²) in [7, 11) is 0. The molecule has 27 heavy (non-hydrogen) atoms. The molecule has 1 amide bonds. The van der Waals surface area contributed by atoms with Gasteiger partial charge in [0.2, 0.25) is 0 Å². The van der Waals surface area contributed by atoms with Gasteiger partial charge in [-0.1, -0.05) is 44.2 Å². The number of hydrogen-bond acceptors (Lipinski definition) is 5. The Labute approximate surface area is 159 Å². The lowest BCUT2D eigenvalue weighted by molar-refractivity contribution is 0.0947. The number of nitrogens with one attached hydrogen (secondary N) is 2. The Kier molecular flexibility index (Phi) is 6.20. The molecule has 2 N–H and O–H groups in total. The van der Waals surface area contributed by atoms with E-state index in [1.165, 1.54) is 0 Å². The van der Waals surface area contributed by atoms with E-state index in [1.54, 1.807) is 12.3 Å². The molecule has 0 bridgehead atoms. The van der Waals surface area contributed by atoms with Gasteiger partial charge in [-0.3, -0.25) is 4.79 Å². The molecule has 0 saturated heterocycles. The molecule has 0 unspecified atom stereocenters. The third-order valence-electron chi connectivity index (χ3n) is 4.02. The zero-order chi connectivity index (χ0) is 19.1. The number of rotatable bonds is 8. The van der Waals surface area contributed by atoms with Crippen molar-refractivity contribution in [2.45, 2.75) is 26.8 Å². The second kappa shape index (κ2) is 8.98. The van der Waals surface area contributed by atoms with Crippen molar-refractivity contribution in [2.24, 2.45) is 5.92 Å². The number of hydrogen-bond donors (Lipinski definition) is 2. The molecular weight excluding hydrogens is 340 g/mol. The third kappa shape index (κ3) is 5.41. The van der Waals surface area contributed by atoms with Crippen molar-refractivity contribution in [3.63, 3.8) is 0 Å². The first-order valence-electron chi connectivity index (χ1n) is 9.11. The summed E-state index contributed by atoms with van der Waals surface area (Å²) in [6, 6.07) is 15.0. The Hall–Kier alpha value is -3.15. The van der Waals surface area contributed by atoms with Crippen LogP contribution < -0.4 is 10.6 Å². The highest BCUT2D eigenvalue weighted by atomic mass is 16.3. The summed E-state index contributed by atoms with van der Waals surface area (Å²) in [5, 5.41) is 6.13. The molecule has 0 aliphatic rings. The molecule has 0 atom stereocenters. The SMILES string of the molecule is CC(C)CCNC(=O)c1cc(NCc2ccco2)nc(-c2ccccc2)n1. The molecule has 1 aromatic carbocycles. The minimum atomic E-state index is -0.198. The van der Waals surface area contributed by atoms with Gasteiger partial charge in [0.1, 0.15) is 17.3 Å². The maximum atomic E-state index is 12.5. The molecule has 0 aliphatic carbocycles. The van der Waals surface area contributed by atoms with E-state index in [2.05, 4.69) is 34.4 Å². The van der Waals surface area contributed by atoms with Crippen LogP contribution in [0.15, 0.2) is 59.2 Å². The number of nitrogens with zero attached hydrogens (tertiary/aromatic N) is 2. The van der Waals surface area contributed by atoms with Crippen LogP contribution in [0.5, 0.6) is 0 Å². The Bertz CT molecular complexity index is 861. The summed E-state index contributed by atoms with van der Waals surface area (Å²) in [6.07, 6.45) is 2.55. The quantitative estimate of drug-likeness (QED) is 0.628. The topological polar surface area (TPSA) is 80.0 Å². The van der Waals surface area contributed by atoms with Gasteiger partial charge in [-0.05, 0) is 24.5 Å². The minimum absolute atomic E-state index is 0.198. The first-order valence-corrected chi connectivity index (χ1v) is 9.11. The van der Waals surface area contributed by atoms with Gasteiger partial charge < -0.3 is 15.1 Å². The second-order valence-corrected chi connectivity index (χ2v) is 6.70. The number of carbonyl (C=O) groups excluding carboxylic acids is 1. The number of carbonyl (C=O) groups is 1. The summed E-state index contributed by atoms with van der Waals surface area (Å²) in [4.78, 5) is 21.6. The average molecular weight is 364 g/mol. The fraction of sp³-hybridized carbons (Fsp3) is 0.286. The normalized spacial score (nSPS) is 10.8. The molecule has 0 radical (unpaired) electrons. The molecule has 0 aliphatic heterocycles. The zero-order valence-electron chi connectivity index (χ0n) is 15.6. The van der Waals surface area contributed by atoms with Gasteiger partial charge in [0, 0.05) is 18.2 Å². The van der Waals surface area contributed by atoms with E-state index in [1.807, 2.05) is 42.5 Å². The van der Waals surface area contributed by atoms with Gasteiger partial charge in [-0.15, -0.1) is 0 Å². The second-order valence-electron chi connectivity index (χ2n) is 6.70. The van der Waals surface area contributed by atoms with Gasteiger partial charge in [0.05, 0.1) is 12.8 Å². The van der Waals surface area contributed by atoms with Crippen LogP contribution in [0.3, 0.4) is 0 Å². The Morgan fingerprint density at radius 2 is 1.93 bits per heavy atom. The van der Waals surface area contributed by atoms with Gasteiger partial charge >= 0.3 is 0 Å².